The number of piperidine rings is 2. The van der Waals surface area contributed by atoms with Gasteiger partial charge >= 0.3 is 0 Å². The Morgan fingerprint density at radius 3 is 2.54 bits per heavy atom. The normalized spacial score (nSPS) is 25.7. The maximum Gasteiger partial charge on any atom is 0.226 e. The molecule has 142 valence electrons. The van der Waals surface area contributed by atoms with Crippen LogP contribution >= 0.6 is 0 Å². The van der Waals surface area contributed by atoms with Crippen molar-refractivity contribution in [2.75, 3.05) is 44.2 Å². The first kappa shape index (κ1) is 17.7. The predicted molar refractivity (Wildman–Crippen MR) is 102 cm³/mol. The molecule has 4 rings (SSSR count). The smallest absolute Gasteiger partial charge is 0.226 e. The summed E-state index contributed by atoms with van der Waals surface area (Å²) in [5, 5.41) is 0. The van der Waals surface area contributed by atoms with E-state index in [1.807, 2.05) is 19.2 Å². The molecule has 0 unspecified atom stereocenters. The lowest BCUT2D eigenvalue weighted by Gasteiger charge is -2.42. The van der Waals surface area contributed by atoms with Crippen LogP contribution in [-0.2, 0) is 4.79 Å². The zero-order chi connectivity index (χ0) is 17.9. The molecule has 1 atom stereocenters. The van der Waals surface area contributed by atoms with E-state index in [-0.39, 0.29) is 5.92 Å². The van der Waals surface area contributed by atoms with Gasteiger partial charge in [-0.25, -0.2) is 9.97 Å². The maximum absolute atomic E-state index is 12.8. The van der Waals surface area contributed by atoms with Gasteiger partial charge in [0.25, 0.3) is 0 Å². The Kier molecular flexibility index (Phi) is 5.38. The van der Waals surface area contributed by atoms with E-state index in [0.29, 0.717) is 11.9 Å². The molecule has 3 fully saturated rings. The molecule has 0 bridgehead atoms. The van der Waals surface area contributed by atoms with Gasteiger partial charge in [0.1, 0.15) is 0 Å². The molecule has 0 saturated carbocycles. The second-order valence-electron chi connectivity index (χ2n) is 8.08. The van der Waals surface area contributed by atoms with Gasteiger partial charge in [-0.05, 0) is 58.1 Å². The summed E-state index contributed by atoms with van der Waals surface area (Å²) in [6.45, 7) is 8.10. The second-order valence-corrected chi connectivity index (χ2v) is 8.08. The monoisotopic (exact) mass is 357 g/mol. The first-order chi connectivity index (χ1) is 12.7. The van der Waals surface area contributed by atoms with Gasteiger partial charge < -0.3 is 9.80 Å². The Hall–Kier alpha value is -1.69. The third-order valence-electron chi connectivity index (χ3n) is 6.27. The summed E-state index contributed by atoms with van der Waals surface area (Å²) in [6, 6.07) is 2.55. The summed E-state index contributed by atoms with van der Waals surface area (Å²) in [5.41, 5.74) is 1.02. The molecule has 1 aromatic heterocycles. The number of nitrogens with zero attached hydrogens (tertiary/aromatic N) is 5. The Balaban J connectivity index is 1.31. The predicted octanol–water partition coefficient (Wildman–Crippen LogP) is 2.09. The van der Waals surface area contributed by atoms with E-state index in [0.717, 1.165) is 76.6 Å². The number of rotatable bonds is 3. The van der Waals surface area contributed by atoms with Gasteiger partial charge in [-0.3, -0.25) is 9.69 Å². The standard InChI is InChI=1S/C20H31N5O/c1-16-6-9-21-20(22-16)24-13-7-18(8-14-24)25-12-4-5-17(15-25)19(26)23-10-2-3-11-23/h6,9,17-18H,2-5,7-8,10-15H2,1H3/t17-/m1/s1. The van der Waals surface area contributed by atoms with E-state index in [1.54, 1.807) is 0 Å². The number of amides is 1. The summed E-state index contributed by atoms with van der Waals surface area (Å²) in [4.78, 5) is 28.8. The van der Waals surface area contributed by atoms with Gasteiger partial charge in [0.15, 0.2) is 0 Å². The van der Waals surface area contributed by atoms with E-state index in [9.17, 15) is 4.79 Å². The van der Waals surface area contributed by atoms with Crippen molar-refractivity contribution in [3.63, 3.8) is 0 Å². The summed E-state index contributed by atoms with van der Waals surface area (Å²) >= 11 is 0. The largest absolute Gasteiger partial charge is 0.342 e. The molecule has 26 heavy (non-hydrogen) atoms. The van der Waals surface area contributed by atoms with Crippen LogP contribution < -0.4 is 4.90 Å². The molecule has 0 aromatic carbocycles. The minimum absolute atomic E-state index is 0.222. The quantitative estimate of drug-likeness (QED) is 0.829. The van der Waals surface area contributed by atoms with Crippen LogP contribution in [0.5, 0.6) is 0 Å². The van der Waals surface area contributed by atoms with Crippen LogP contribution in [0.1, 0.15) is 44.2 Å². The van der Waals surface area contributed by atoms with E-state index in [4.69, 9.17) is 0 Å². The third kappa shape index (κ3) is 3.85. The molecular weight excluding hydrogens is 326 g/mol. The minimum Gasteiger partial charge on any atom is -0.342 e. The van der Waals surface area contributed by atoms with Crippen molar-refractivity contribution in [3.8, 4) is 0 Å². The number of carbonyl (C=O) groups excluding carboxylic acids is 1. The number of likely N-dealkylation sites (tertiary alicyclic amines) is 2. The minimum atomic E-state index is 0.222. The Morgan fingerprint density at radius 2 is 1.81 bits per heavy atom. The van der Waals surface area contributed by atoms with Crippen LogP contribution in [0.3, 0.4) is 0 Å². The summed E-state index contributed by atoms with van der Waals surface area (Å²) in [5.74, 6) is 1.50. The van der Waals surface area contributed by atoms with E-state index < -0.39 is 0 Å². The lowest BCUT2D eigenvalue weighted by atomic mass is 9.93. The van der Waals surface area contributed by atoms with Crippen molar-refractivity contribution >= 4 is 11.9 Å². The van der Waals surface area contributed by atoms with Crippen LogP contribution in [0.4, 0.5) is 5.95 Å². The topological polar surface area (TPSA) is 52.6 Å². The number of hydrogen-bond acceptors (Lipinski definition) is 5. The van der Waals surface area contributed by atoms with Gasteiger partial charge in [-0.15, -0.1) is 0 Å². The first-order valence-corrected chi connectivity index (χ1v) is 10.3. The van der Waals surface area contributed by atoms with E-state index in [2.05, 4.69) is 24.7 Å². The lowest BCUT2D eigenvalue weighted by Crippen LogP contribution is -2.51. The van der Waals surface area contributed by atoms with Crippen molar-refractivity contribution in [1.29, 1.82) is 0 Å². The molecule has 3 saturated heterocycles. The van der Waals surface area contributed by atoms with Crippen molar-refractivity contribution in [1.82, 2.24) is 19.8 Å². The van der Waals surface area contributed by atoms with Crippen LogP contribution in [0.25, 0.3) is 0 Å². The first-order valence-electron chi connectivity index (χ1n) is 10.3. The SMILES string of the molecule is Cc1ccnc(N2CCC(N3CCC[C@@H](C(=O)N4CCCC4)C3)CC2)n1. The van der Waals surface area contributed by atoms with Gasteiger partial charge in [-0.2, -0.15) is 0 Å². The van der Waals surface area contributed by atoms with Crippen molar-refractivity contribution < 1.29 is 4.79 Å². The van der Waals surface area contributed by atoms with Crippen molar-refractivity contribution in [2.45, 2.75) is 51.5 Å². The molecular formula is C20H31N5O. The molecule has 6 nitrogen and oxygen atoms in total. The highest BCUT2D eigenvalue weighted by molar-refractivity contribution is 5.79. The molecule has 6 heteroatoms. The molecule has 3 aliphatic rings. The molecule has 1 amide bonds. The molecule has 0 spiro atoms. The van der Waals surface area contributed by atoms with Crippen molar-refractivity contribution in [2.24, 2.45) is 5.92 Å². The van der Waals surface area contributed by atoms with E-state index in [1.165, 1.54) is 12.8 Å². The van der Waals surface area contributed by atoms with Crippen molar-refractivity contribution in [3.05, 3.63) is 18.0 Å². The fourth-order valence-corrected chi connectivity index (χ4v) is 4.75. The Morgan fingerprint density at radius 1 is 1.04 bits per heavy atom. The summed E-state index contributed by atoms with van der Waals surface area (Å²) < 4.78 is 0. The number of aromatic nitrogens is 2. The maximum atomic E-state index is 12.8. The number of anilines is 1. The Bertz CT molecular complexity index is 622. The summed E-state index contributed by atoms with van der Waals surface area (Å²) in [7, 11) is 0. The molecule has 3 aliphatic heterocycles. The molecule has 0 radical (unpaired) electrons. The van der Waals surface area contributed by atoms with Gasteiger partial charge in [0.05, 0.1) is 5.92 Å². The van der Waals surface area contributed by atoms with Gasteiger partial charge in [0, 0.05) is 50.7 Å². The van der Waals surface area contributed by atoms with Gasteiger partial charge in [0.2, 0.25) is 11.9 Å². The third-order valence-corrected chi connectivity index (χ3v) is 6.27. The number of aryl methyl sites for hydroxylation is 1. The lowest BCUT2D eigenvalue weighted by molar-refractivity contribution is -0.136. The zero-order valence-corrected chi connectivity index (χ0v) is 15.9. The summed E-state index contributed by atoms with van der Waals surface area (Å²) in [6.07, 6.45) is 8.73. The fraction of sp³-hybridized carbons (Fsp3) is 0.750. The van der Waals surface area contributed by atoms with E-state index >= 15 is 0 Å². The second kappa shape index (κ2) is 7.91. The van der Waals surface area contributed by atoms with Crippen LogP contribution in [-0.4, -0.2) is 71.0 Å². The average molecular weight is 358 g/mol. The molecule has 0 N–H and O–H groups in total. The molecule has 1 aromatic rings. The van der Waals surface area contributed by atoms with Gasteiger partial charge in [-0.1, -0.05) is 0 Å². The fourth-order valence-electron chi connectivity index (χ4n) is 4.75. The Labute approximate surface area is 156 Å². The van der Waals surface area contributed by atoms with Crippen LogP contribution in [0.15, 0.2) is 12.3 Å². The average Bonchev–Trinajstić information content (AvgIpc) is 3.22. The number of hydrogen-bond donors (Lipinski definition) is 0. The highest BCUT2D eigenvalue weighted by Gasteiger charge is 2.34. The highest BCUT2D eigenvalue weighted by Crippen LogP contribution is 2.27. The number of carbonyl (C=O) groups is 1. The molecule has 0 aliphatic carbocycles. The van der Waals surface area contributed by atoms with Crippen LogP contribution in [0.2, 0.25) is 0 Å². The molecule has 4 heterocycles. The van der Waals surface area contributed by atoms with Crippen LogP contribution in [0, 0.1) is 12.8 Å². The highest BCUT2D eigenvalue weighted by atomic mass is 16.2. The zero-order valence-electron chi connectivity index (χ0n) is 15.9.